The van der Waals surface area contributed by atoms with Crippen LogP contribution >= 0.6 is 0 Å². The number of likely N-dealkylation sites (tertiary alicyclic amines) is 1. The third-order valence-electron chi connectivity index (χ3n) is 11.5. The number of anilines is 1. The van der Waals surface area contributed by atoms with Gasteiger partial charge in [0.05, 0.1) is 24.9 Å². The van der Waals surface area contributed by atoms with E-state index in [0.717, 1.165) is 62.3 Å². The van der Waals surface area contributed by atoms with Gasteiger partial charge in [-0.05, 0) is 73.5 Å². The van der Waals surface area contributed by atoms with Crippen molar-refractivity contribution in [2.24, 2.45) is 23.2 Å². The molecule has 1 spiro atoms. The SMILES string of the molecule is COC(=O)C1C2CN(C3CCC34CC(NC(=O)c3nc5c(C)cc(N6CC[C@](C)(c7ccccc7)C6)cn5n3)C4)CC21. The van der Waals surface area contributed by atoms with Gasteiger partial charge in [0.2, 0.25) is 5.82 Å². The van der Waals surface area contributed by atoms with Crippen LogP contribution in [0.4, 0.5) is 5.69 Å². The number of hydrogen-bond donors (Lipinski definition) is 1. The summed E-state index contributed by atoms with van der Waals surface area (Å²) in [5, 5.41) is 7.85. The molecule has 0 bridgehead atoms. The van der Waals surface area contributed by atoms with Crippen LogP contribution in [0.5, 0.6) is 0 Å². The monoisotopic (exact) mass is 568 g/mol. The second kappa shape index (κ2) is 9.27. The molecular weight excluding hydrogens is 528 g/mol. The van der Waals surface area contributed by atoms with Crippen LogP contribution in [0.3, 0.4) is 0 Å². The predicted molar refractivity (Wildman–Crippen MR) is 158 cm³/mol. The van der Waals surface area contributed by atoms with Crippen LogP contribution in [0.25, 0.3) is 5.65 Å². The van der Waals surface area contributed by atoms with Gasteiger partial charge in [0.15, 0.2) is 5.65 Å². The summed E-state index contributed by atoms with van der Waals surface area (Å²) in [6.45, 7) is 8.35. The molecule has 1 amide bonds. The zero-order valence-electron chi connectivity index (χ0n) is 24.8. The van der Waals surface area contributed by atoms with E-state index in [4.69, 9.17) is 4.74 Å². The number of pyridine rings is 1. The van der Waals surface area contributed by atoms with Crippen molar-refractivity contribution in [3.63, 3.8) is 0 Å². The van der Waals surface area contributed by atoms with Crippen molar-refractivity contribution < 1.29 is 14.3 Å². The number of carbonyl (C=O) groups is 2. The second-order valence-electron chi connectivity index (χ2n) is 14.0. The fraction of sp³-hybridized carbons (Fsp3) is 0.576. The lowest BCUT2D eigenvalue weighted by molar-refractivity contribution is -0.144. The van der Waals surface area contributed by atoms with Gasteiger partial charge < -0.3 is 15.0 Å². The molecule has 1 aromatic carbocycles. The summed E-state index contributed by atoms with van der Waals surface area (Å²) in [7, 11) is 1.49. The van der Waals surface area contributed by atoms with Crippen molar-refractivity contribution in [2.75, 3.05) is 38.2 Å². The zero-order valence-corrected chi connectivity index (χ0v) is 24.8. The molecule has 3 aliphatic carbocycles. The van der Waals surface area contributed by atoms with E-state index in [2.05, 4.69) is 68.5 Å². The maximum atomic E-state index is 13.2. The number of benzene rings is 1. The molecule has 3 unspecified atom stereocenters. The van der Waals surface area contributed by atoms with E-state index in [-0.39, 0.29) is 35.1 Å². The van der Waals surface area contributed by atoms with Crippen molar-refractivity contribution in [1.82, 2.24) is 24.8 Å². The molecule has 1 N–H and O–H groups in total. The van der Waals surface area contributed by atoms with Crippen LogP contribution in [0, 0.1) is 30.1 Å². The van der Waals surface area contributed by atoms with Gasteiger partial charge in [0.25, 0.3) is 5.91 Å². The molecule has 5 aliphatic rings. The summed E-state index contributed by atoms with van der Waals surface area (Å²) >= 11 is 0. The van der Waals surface area contributed by atoms with E-state index in [0.29, 0.717) is 23.3 Å². The number of fused-ring (bicyclic) bond motifs is 2. The number of carbonyl (C=O) groups excluding carboxylic acids is 2. The molecule has 8 rings (SSSR count). The average molecular weight is 569 g/mol. The first kappa shape index (κ1) is 26.2. The number of methoxy groups -OCH3 is 1. The Balaban J connectivity index is 0.897. The van der Waals surface area contributed by atoms with E-state index < -0.39 is 0 Å². The van der Waals surface area contributed by atoms with E-state index >= 15 is 0 Å². The van der Waals surface area contributed by atoms with E-state index in [1.54, 1.807) is 4.52 Å². The first-order valence-corrected chi connectivity index (χ1v) is 15.6. The van der Waals surface area contributed by atoms with Crippen molar-refractivity contribution in [1.29, 1.82) is 0 Å². The molecule has 3 aromatic rings. The topological polar surface area (TPSA) is 92.1 Å². The van der Waals surface area contributed by atoms with Crippen LogP contribution in [0.2, 0.25) is 0 Å². The summed E-state index contributed by atoms with van der Waals surface area (Å²) in [5.74, 6) is 1.11. The van der Waals surface area contributed by atoms with Crippen molar-refractivity contribution in [3.8, 4) is 0 Å². The van der Waals surface area contributed by atoms with Crippen LogP contribution in [-0.4, -0.2) is 76.7 Å². The smallest absolute Gasteiger partial charge is 0.309 e. The quantitative estimate of drug-likeness (QED) is 0.455. The van der Waals surface area contributed by atoms with Gasteiger partial charge in [-0.15, -0.1) is 5.10 Å². The van der Waals surface area contributed by atoms with Crippen molar-refractivity contribution in [3.05, 3.63) is 59.5 Å². The minimum atomic E-state index is -0.184. The Kier molecular flexibility index (Phi) is 5.78. The summed E-state index contributed by atoms with van der Waals surface area (Å²) < 4.78 is 6.75. The average Bonchev–Trinajstić information content (AvgIpc) is 3.34. The summed E-state index contributed by atoms with van der Waals surface area (Å²) in [5.41, 5.74) is 4.67. The van der Waals surface area contributed by atoms with Crippen LogP contribution < -0.4 is 10.2 Å². The molecule has 3 saturated carbocycles. The summed E-state index contributed by atoms with van der Waals surface area (Å²) in [6, 6.07) is 13.7. The largest absolute Gasteiger partial charge is 0.469 e. The number of aromatic nitrogens is 3. The number of esters is 1. The Labute approximate surface area is 246 Å². The van der Waals surface area contributed by atoms with Crippen LogP contribution in [0.15, 0.2) is 42.6 Å². The maximum absolute atomic E-state index is 13.2. The molecule has 2 aliphatic heterocycles. The highest BCUT2D eigenvalue weighted by atomic mass is 16.5. The molecule has 2 saturated heterocycles. The molecule has 9 nitrogen and oxygen atoms in total. The summed E-state index contributed by atoms with van der Waals surface area (Å²) in [4.78, 5) is 34.8. The minimum absolute atomic E-state index is 0.0338. The van der Waals surface area contributed by atoms with Gasteiger partial charge in [-0.3, -0.25) is 14.5 Å². The first-order valence-electron chi connectivity index (χ1n) is 15.6. The molecule has 220 valence electrons. The number of nitrogens with zero attached hydrogens (tertiary/aromatic N) is 5. The highest BCUT2D eigenvalue weighted by molar-refractivity contribution is 5.91. The lowest BCUT2D eigenvalue weighted by atomic mass is 9.50. The van der Waals surface area contributed by atoms with E-state index in [1.165, 1.54) is 25.5 Å². The fourth-order valence-electron chi connectivity index (χ4n) is 8.96. The minimum Gasteiger partial charge on any atom is -0.469 e. The van der Waals surface area contributed by atoms with Gasteiger partial charge in [0.1, 0.15) is 0 Å². The van der Waals surface area contributed by atoms with Crippen molar-refractivity contribution in [2.45, 2.75) is 63.5 Å². The summed E-state index contributed by atoms with van der Waals surface area (Å²) in [6.07, 6.45) is 7.59. The first-order chi connectivity index (χ1) is 20.3. The highest BCUT2D eigenvalue weighted by Gasteiger charge is 2.65. The van der Waals surface area contributed by atoms with Crippen molar-refractivity contribution >= 4 is 23.2 Å². The Hall–Kier alpha value is -3.46. The molecule has 2 aromatic heterocycles. The van der Waals surface area contributed by atoms with E-state index in [9.17, 15) is 9.59 Å². The molecule has 0 radical (unpaired) electrons. The van der Waals surface area contributed by atoms with Gasteiger partial charge in [-0.25, -0.2) is 9.50 Å². The van der Waals surface area contributed by atoms with Crippen LogP contribution in [-0.2, 0) is 14.9 Å². The number of amides is 1. The molecule has 5 fully saturated rings. The molecule has 4 heterocycles. The Bertz CT molecular complexity index is 1550. The third-order valence-corrected chi connectivity index (χ3v) is 11.5. The number of hydrogen-bond acceptors (Lipinski definition) is 7. The Morgan fingerprint density at radius 2 is 1.86 bits per heavy atom. The Morgan fingerprint density at radius 1 is 1.10 bits per heavy atom. The standard InChI is InChI=1S/C33H40N6O3/c1-20-13-23(37-12-11-32(2,19-37)21-7-5-4-6-8-21)16-39-29(20)35-28(36-39)30(40)34-22-14-33(15-22)10-9-26(33)38-17-24-25(18-38)27(24)31(41)42-3/h4-8,13,16,22,24-27H,9-12,14-15,17-19H2,1-3H3,(H,34,40)/t22?,24?,25?,26?,27?,32-,33?/m0/s1. The fourth-order valence-corrected chi connectivity index (χ4v) is 8.96. The highest BCUT2D eigenvalue weighted by Crippen LogP contribution is 2.61. The lowest BCUT2D eigenvalue weighted by Gasteiger charge is -2.62. The van der Waals surface area contributed by atoms with Gasteiger partial charge in [-0.1, -0.05) is 37.3 Å². The predicted octanol–water partition coefficient (Wildman–Crippen LogP) is 3.60. The van der Waals surface area contributed by atoms with Gasteiger partial charge in [0, 0.05) is 43.7 Å². The number of ether oxygens (including phenoxy) is 1. The molecule has 9 heteroatoms. The molecule has 4 atom stereocenters. The zero-order chi connectivity index (χ0) is 28.8. The van der Waals surface area contributed by atoms with Crippen LogP contribution in [0.1, 0.15) is 60.8 Å². The normalized spacial score (nSPS) is 35.1. The lowest BCUT2D eigenvalue weighted by Crippen LogP contribution is -2.65. The number of nitrogens with one attached hydrogen (secondary N) is 1. The third kappa shape index (κ3) is 3.99. The molecular formula is C33H40N6O3. The number of piperidine rings is 1. The Morgan fingerprint density at radius 3 is 2.55 bits per heavy atom. The molecule has 42 heavy (non-hydrogen) atoms. The van der Waals surface area contributed by atoms with E-state index in [1.807, 2.05) is 13.1 Å². The number of rotatable bonds is 6. The number of aryl methyl sites for hydroxylation is 1. The van der Waals surface area contributed by atoms with Gasteiger partial charge >= 0.3 is 5.97 Å². The maximum Gasteiger partial charge on any atom is 0.309 e. The van der Waals surface area contributed by atoms with Gasteiger partial charge in [-0.2, -0.15) is 0 Å². The second-order valence-corrected chi connectivity index (χ2v) is 14.0.